The molecule has 3 N–H and O–H groups in total. The number of piperidine rings is 1. The molecule has 2 saturated heterocycles. The third kappa shape index (κ3) is 6.30. The number of aromatic nitrogens is 3. The Balaban J connectivity index is 1.36. The summed E-state index contributed by atoms with van der Waals surface area (Å²) in [5.41, 5.74) is 7.23. The van der Waals surface area contributed by atoms with Crippen LogP contribution in [0.1, 0.15) is 40.6 Å². The Morgan fingerprint density at radius 3 is 2.45 bits per heavy atom. The standard InChI is InChI=1S/C27H31ClF3N7O2/c28-20-2-3-21-19(1-4-23(36-21)38-7-5-17(13-32)6-8-38)24(20)25(39)33-16-22(37-9-11-40-12-10-37)18-14-34-26(35-15-18)27(29,30)31/h1-4,14-15,17,22H,5-13,16,32H2,(H,33,39). The Morgan fingerprint density at radius 2 is 1.80 bits per heavy atom. The number of alkyl halides is 3. The van der Waals surface area contributed by atoms with E-state index in [9.17, 15) is 18.0 Å². The molecule has 2 aliphatic rings. The highest BCUT2D eigenvalue weighted by atomic mass is 35.5. The number of rotatable bonds is 7. The highest BCUT2D eigenvalue weighted by Crippen LogP contribution is 2.30. The Bertz CT molecular complexity index is 1330. The molecule has 13 heteroatoms. The van der Waals surface area contributed by atoms with Crippen molar-refractivity contribution >= 4 is 34.2 Å². The second-order valence-electron chi connectivity index (χ2n) is 10.0. The zero-order valence-corrected chi connectivity index (χ0v) is 22.6. The van der Waals surface area contributed by atoms with Crippen LogP contribution in [0, 0.1) is 5.92 Å². The first-order chi connectivity index (χ1) is 19.2. The molecule has 40 heavy (non-hydrogen) atoms. The van der Waals surface area contributed by atoms with Crippen LogP contribution in [0.2, 0.25) is 5.02 Å². The summed E-state index contributed by atoms with van der Waals surface area (Å²) in [5.74, 6) is -0.244. The van der Waals surface area contributed by atoms with Crippen molar-refractivity contribution in [2.45, 2.75) is 25.1 Å². The number of halogens is 4. The molecule has 1 unspecified atom stereocenters. The minimum atomic E-state index is -4.64. The second kappa shape index (κ2) is 12.2. The van der Waals surface area contributed by atoms with Gasteiger partial charge >= 0.3 is 6.18 Å². The van der Waals surface area contributed by atoms with Crippen molar-refractivity contribution in [3.8, 4) is 0 Å². The molecule has 214 valence electrons. The largest absolute Gasteiger partial charge is 0.451 e. The number of hydrogen-bond acceptors (Lipinski definition) is 8. The average Bonchev–Trinajstić information content (AvgIpc) is 2.97. The van der Waals surface area contributed by atoms with E-state index in [0.717, 1.165) is 44.1 Å². The van der Waals surface area contributed by atoms with Crippen LogP contribution in [0.4, 0.5) is 19.0 Å². The predicted octanol–water partition coefficient (Wildman–Crippen LogP) is 3.68. The summed E-state index contributed by atoms with van der Waals surface area (Å²) in [6.07, 6.45) is -0.289. The van der Waals surface area contributed by atoms with Crippen LogP contribution in [0.15, 0.2) is 36.7 Å². The van der Waals surface area contributed by atoms with Gasteiger partial charge in [0.2, 0.25) is 5.82 Å². The smallest absolute Gasteiger partial charge is 0.379 e. The lowest BCUT2D eigenvalue weighted by molar-refractivity contribution is -0.145. The number of carbonyl (C=O) groups is 1. The SMILES string of the molecule is NCC1CCN(c2ccc3c(C(=O)NCC(c4cnc(C(F)(F)F)nc4)N4CCOCC4)c(Cl)ccc3n2)CC1. The van der Waals surface area contributed by atoms with Gasteiger partial charge in [-0.3, -0.25) is 9.69 Å². The maximum atomic E-state index is 13.5. The number of benzene rings is 1. The first-order valence-electron chi connectivity index (χ1n) is 13.3. The fourth-order valence-corrected chi connectivity index (χ4v) is 5.50. The lowest BCUT2D eigenvalue weighted by Gasteiger charge is -2.34. The molecule has 4 heterocycles. The summed E-state index contributed by atoms with van der Waals surface area (Å²) < 4.78 is 44.5. The van der Waals surface area contributed by atoms with Gasteiger partial charge in [0.25, 0.3) is 5.91 Å². The molecule has 0 spiro atoms. The van der Waals surface area contributed by atoms with Crippen LogP contribution in [0.3, 0.4) is 0 Å². The number of carbonyl (C=O) groups excluding carboxylic acids is 1. The molecule has 2 aliphatic heterocycles. The Hall–Kier alpha value is -3.06. The summed E-state index contributed by atoms with van der Waals surface area (Å²) in [6, 6.07) is 6.75. The summed E-state index contributed by atoms with van der Waals surface area (Å²) in [7, 11) is 0. The van der Waals surface area contributed by atoms with Gasteiger partial charge in [-0.05, 0) is 49.6 Å². The molecule has 0 bridgehead atoms. The minimum absolute atomic E-state index is 0.113. The van der Waals surface area contributed by atoms with Crippen LogP contribution in [0.25, 0.3) is 10.9 Å². The highest BCUT2D eigenvalue weighted by Gasteiger charge is 2.35. The molecule has 2 aromatic heterocycles. The van der Waals surface area contributed by atoms with Crippen LogP contribution >= 0.6 is 11.6 Å². The topological polar surface area (TPSA) is 110 Å². The van der Waals surface area contributed by atoms with Gasteiger partial charge in [-0.25, -0.2) is 15.0 Å². The van der Waals surface area contributed by atoms with E-state index in [4.69, 9.17) is 27.1 Å². The number of morpholine rings is 1. The first kappa shape index (κ1) is 28.5. The van der Waals surface area contributed by atoms with Crippen LogP contribution in [-0.2, 0) is 10.9 Å². The Kier molecular flexibility index (Phi) is 8.69. The molecule has 1 aromatic carbocycles. The average molecular weight is 578 g/mol. The van der Waals surface area contributed by atoms with Crippen LogP contribution < -0.4 is 16.0 Å². The van der Waals surface area contributed by atoms with Crippen molar-refractivity contribution in [2.75, 3.05) is 57.4 Å². The number of hydrogen-bond donors (Lipinski definition) is 2. The van der Waals surface area contributed by atoms with Gasteiger partial charge in [0.05, 0.1) is 35.4 Å². The zero-order valence-electron chi connectivity index (χ0n) is 21.8. The highest BCUT2D eigenvalue weighted by molar-refractivity contribution is 6.35. The number of nitrogens with zero attached hydrogens (tertiary/aromatic N) is 5. The predicted molar refractivity (Wildman–Crippen MR) is 145 cm³/mol. The molecule has 1 amide bonds. The Morgan fingerprint density at radius 1 is 1.10 bits per heavy atom. The van der Waals surface area contributed by atoms with Gasteiger partial charge in [0, 0.05) is 56.1 Å². The van der Waals surface area contributed by atoms with Gasteiger partial charge in [-0.1, -0.05) is 11.6 Å². The van der Waals surface area contributed by atoms with Gasteiger partial charge in [-0.2, -0.15) is 13.2 Å². The van der Waals surface area contributed by atoms with Gasteiger partial charge < -0.3 is 20.7 Å². The van der Waals surface area contributed by atoms with E-state index < -0.39 is 23.9 Å². The number of nitrogens with two attached hydrogens (primary N) is 1. The van der Waals surface area contributed by atoms with Crippen molar-refractivity contribution in [3.05, 3.63) is 58.6 Å². The second-order valence-corrected chi connectivity index (χ2v) is 10.4. The zero-order chi connectivity index (χ0) is 28.3. The van der Waals surface area contributed by atoms with E-state index in [1.54, 1.807) is 12.1 Å². The quantitative estimate of drug-likeness (QED) is 0.438. The first-order valence-corrected chi connectivity index (χ1v) is 13.7. The Labute approximate surface area is 234 Å². The maximum absolute atomic E-state index is 13.5. The third-order valence-electron chi connectivity index (χ3n) is 7.56. The lowest BCUT2D eigenvalue weighted by atomic mass is 9.97. The maximum Gasteiger partial charge on any atom is 0.451 e. The number of anilines is 1. The number of ether oxygens (including phenoxy) is 1. The van der Waals surface area contributed by atoms with E-state index in [0.29, 0.717) is 60.8 Å². The normalized spacial score (nSPS) is 18.2. The molecule has 0 aliphatic carbocycles. The molecule has 5 rings (SSSR count). The van der Waals surface area contributed by atoms with Gasteiger partial charge in [0.1, 0.15) is 5.82 Å². The summed E-state index contributed by atoms with van der Waals surface area (Å²) in [6.45, 7) is 4.58. The number of fused-ring (bicyclic) bond motifs is 1. The number of amides is 1. The summed E-state index contributed by atoms with van der Waals surface area (Å²) in [5, 5.41) is 3.83. The summed E-state index contributed by atoms with van der Waals surface area (Å²) >= 11 is 6.50. The van der Waals surface area contributed by atoms with E-state index >= 15 is 0 Å². The van der Waals surface area contributed by atoms with Crippen molar-refractivity contribution in [3.63, 3.8) is 0 Å². The van der Waals surface area contributed by atoms with Crippen molar-refractivity contribution < 1.29 is 22.7 Å². The molecule has 3 aromatic rings. The molecule has 9 nitrogen and oxygen atoms in total. The molecular formula is C27H31ClF3N7O2. The summed E-state index contributed by atoms with van der Waals surface area (Å²) in [4.78, 5) is 29.6. The van der Waals surface area contributed by atoms with E-state index in [1.807, 2.05) is 17.0 Å². The molecular weight excluding hydrogens is 547 g/mol. The monoisotopic (exact) mass is 577 g/mol. The van der Waals surface area contributed by atoms with Gasteiger partial charge in [-0.15, -0.1) is 0 Å². The van der Waals surface area contributed by atoms with Crippen LogP contribution in [-0.4, -0.2) is 78.2 Å². The number of pyridine rings is 1. The number of nitrogens with one attached hydrogen (secondary N) is 1. The molecule has 0 saturated carbocycles. The lowest BCUT2D eigenvalue weighted by Crippen LogP contribution is -2.44. The van der Waals surface area contributed by atoms with E-state index in [1.165, 1.54) is 0 Å². The van der Waals surface area contributed by atoms with Crippen molar-refractivity contribution in [2.24, 2.45) is 11.7 Å². The minimum Gasteiger partial charge on any atom is -0.379 e. The van der Waals surface area contributed by atoms with Crippen molar-refractivity contribution in [1.82, 2.24) is 25.2 Å². The third-order valence-corrected chi connectivity index (χ3v) is 7.87. The van der Waals surface area contributed by atoms with Crippen LogP contribution in [0.5, 0.6) is 0 Å². The van der Waals surface area contributed by atoms with Crippen molar-refractivity contribution in [1.29, 1.82) is 0 Å². The fourth-order valence-electron chi connectivity index (χ4n) is 5.25. The molecule has 0 radical (unpaired) electrons. The van der Waals surface area contributed by atoms with E-state index in [2.05, 4.69) is 20.2 Å². The van der Waals surface area contributed by atoms with E-state index in [-0.39, 0.29) is 11.6 Å². The fraction of sp³-hybridized carbons (Fsp3) is 0.481. The molecule has 1 atom stereocenters. The van der Waals surface area contributed by atoms with Gasteiger partial charge in [0.15, 0.2) is 0 Å². The molecule has 2 fully saturated rings.